The number of hydrogen-bond acceptors (Lipinski definition) is 9. The van der Waals surface area contributed by atoms with Crippen molar-refractivity contribution in [3.05, 3.63) is 158 Å². The molecule has 2 aliphatic rings. The van der Waals surface area contributed by atoms with Crippen LogP contribution in [0.5, 0.6) is 17.2 Å². The van der Waals surface area contributed by atoms with Gasteiger partial charge < -0.3 is 34.0 Å². The number of rotatable bonds is 12. The van der Waals surface area contributed by atoms with Crippen molar-refractivity contribution in [2.45, 2.75) is 84.7 Å². The molecule has 324 valence electrons. The van der Waals surface area contributed by atoms with Crippen LogP contribution >= 0.6 is 23.2 Å². The fourth-order valence-corrected chi connectivity index (χ4v) is 8.13. The van der Waals surface area contributed by atoms with Gasteiger partial charge in [-0.25, -0.2) is 9.78 Å². The second kappa shape index (κ2) is 18.2. The van der Waals surface area contributed by atoms with Gasteiger partial charge in [-0.1, -0.05) is 79.5 Å². The van der Waals surface area contributed by atoms with Crippen molar-refractivity contribution in [3.63, 3.8) is 0 Å². The number of carboxylic acid groups (broad SMARTS) is 1. The van der Waals surface area contributed by atoms with E-state index in [1.165, 1.54) is 4.90 Å². The predicted octanol–water partition coefficient (Wildman–Crippen LogP) is 9.56. The van der Waals surface area contributed by atoms with Crippen LogP contribution in [0.1, 0.15) is 87.1 Å². The first-order chi connectivity index (χ1) is 30.2. The van der Waals surface area contributed by atoms with Crippen LogP contribution in [0.2, 0.25) is 10.0 Å². The Bertz CT molecular complexity index is 2700. The lowest BCUT2D eigenvalue weighted by atomic mass is 9.91. The lowest BCUT2D eigenvalue weighted by molar-refractivity contribution is -0.142. The molecule has 3 unspecified atom stereocenters. The van der Waals surface area contributed by atoms with E-state index in [9.17, 15) is 19.5 Å². The molecule has 63 heavy (non-hydrogen) atoms. The van der Waals surface area contributed by atoms with E-state index in [-0.39, 0.29) is 37.6 Å². The first-order valence-electron chi connectivity index (χ1n) is 20.7. The third-order valence-corrected chi connectivity index (χ3v) is 12.3. The smallest absolute Gasteiger partial charge is 0.326 e. The fraction of sp³-hybridized carbons (Fsp3) is 0.286. The topological polar surface area (TPSA) is 153 Å². The molecule has 0 saturated heterocycles. The van der Waals surface area contributed by atoms with Gasteiger partial charge >= 0.3 is 5.97 Å². The number of hydrogen-bond donors (Lipinski definition) is 2. The number of aromatic nitrogens is 2. The van der Waals surface area contributed by atoms with Crippen LogP contribution in [0.4, 0.5) is 0 Å². The normalized spacial score (nSPS) is 16.0. The van der Waals surface area contributed by atoms with Crippen molar-refractivity contribution >= 4 is 41.0 Å². The molecule has 0 fully saturated rings. The number of carbonyl (C=O) groups excluding carboxylic acids is 2. The van der Waals surface area contributed by atoms with Crippen LogP contribution < -0.4 is 19.5 Å². The molecule has 4 heterocycles. The Labute approximate surface area is 375 Å². The van der Waals surface area contributed by atoms with Gasteiger partial charge in [-0.2, -0.15) is 0 Å². The van der Waals surface area contributed by atoms with E-state index in [1.54, 1.807) is 25.3 Å². The molecule has 2 N–H and O–H groups in total. The number of nitrogens with zero attached hydrogens (tertiary/aromatic N) is 3. The van der Waals surface area contributed by atoms with Crippen molar-refractivity contribution in [2.24, 2.45) is 0 Å². The number of carbonyl (C=O) groups is 3. The maximum Gasteiger partial charge on any atom is 0.326 e. The molecule has 0 bridgehead atoms. The predicted molar refractivity (Wildman–Crippen MR) is 238 cm³/mol. The minimum Gasteiger partial charge on any atom is -0.489 e. The maximum atomic E-state index is 14.4. The van der Waals surface area contributed by atoms with Gasteiger partial charge in [0.1, 0.15) is 36.8 Å². The molecule has 0 radical (unpaired) electrons. The van der Waals surface area contributed by atoms with Crippen molar-refractivity contribution in [3.8, 4) is 28.4 Å². The van der Waals surface area contributed by atoms with Crippen molar-refractivity contribution in [1.82, 2.24) is 20.2 Å². The summed E-state index contributed by atoms with van der Waals surface area (Å²) in [5.41, 5.74) is 8.10. The third-order valence-electron chi connectivity index (χ3n) is 11.5. The van der Waals surface area contributed by atoms with E-state index in [0.717, 1.165) is 50.2 Å². The summed E-state index contributed by atoms with van der Waals surface area (Å²) in [6.07, 6.45) is 1.45. The number of oxazole rings is 1. The van der Waals surface area contributed by atoms with E-state index in [0.29, 0.717) is 45.6 Å². The van der Waals surface area contributed by atoms with Gasteiger partial charge in [-0.05, 0) is 108 Å². The van der Waals surface area contributed by atoms with E-state index in [2.05, 4.69) is 15.3 Å². The zero-order valence-corrected chi connectivity index (χ0v) is 36.9. The van der Waals surface area contributed by atoms with Crippen LogP contribution in [-0.2, 0) is 35.6 Å². The summed E-state index contributed by atoms with van der Waals surface area (Å²) >= 11 is 12.2. The second-order valence-corrected chi connectivity index (χ2v) is 17.0. The number of carboxylic acids is 1. The van der Waals surface area contributed by atoms with Gasteiger partial charge in [-0.3, -0.25) is 14.6 Å². The summed E-state index contributed by atoms with van der Waals surface area (Å²) < 4.78 is 24.5. The highest BCUT2D eigenvalue weighted by molar-refractivity contribution is 6.42. The Hall–Kier alpha value is -6.37. The average molecular weight is 890 g/mol. The number of pyridine rings is 1. The lowest BCUT2D eigenvalue weighted by Crippen LogP contribution is -2.56. The quantitative estimate of drug-likeness (QED) is 0.122. The molecule has 0 aliphatic carbocycles. The van der Waals surface area contributed by atoms with Gasteiger partial charge in [0.15, 0.2) is 29.2 Å². The zero-order chi connectivity index (χ0) is 44.5. The number of fused-ring (bicyclic) bond motifs is 2. The first kappa shape index (κ1) is 43.3. The highest BCUT2D eigenvalue weighted by Gasteiger charge is 2.40. The summed E-state index contributed by atoms with van der Waals surface area (Å²) in [5, 5.41) is 14.0. The Morgan fingerprint density at radius 2 is 1.63 bits per heavy atom. The summed E-state index contributed by atoms with van der Waals surface area (Å²) in [7, 11) is 0. The Kier molecular flexibility index (Phi) is 12.5. The number of benzene rings is 4. The molecule has 4 aromatic carbocycles. The van der Waals surface area contributed by atoms with Crippen molar-refractivity contribution in [2.75, 3.05) is 6.61 Å². The number of aliphatic carboxylic acids is 1. The highest BCUT2D eigenvalue weighted by Crippen LogP contribution is 2.41. The molecular weight excluding hydrogens is 843 g/mol. The van der Waals surface area contributed by atoms with E-state index in [1.807, 2.05) is 100 Å². The fourth-order valence-electron chi connectivity index (χ4n) is 7.81. The number of halogens is 2. The molecule has 8 rings (SSSR count). The minimum absolute atomic E-state index is 0.0227. The summed E-state index contributed by atoms with van der Waals surface area (Å²) in [6.45, 7) is 10.0. The van der Waals surface area contributed by atoms with E-state index in [4.69, 9.17) is 41.8 Å². The van der Waals surface area contributed by atoms with Crippen LogP contribution in [0, 0.1) is 20.8 Å². The van der Waals surface area contributed by atoms with Crippen LogP contribution in [0.25, 0.3) is 11.1 Å². The van der Waals surface area contributed by atoms with Gasteiger partial charge in [0.25, 0.3) is 5.91 Å². The SMILES string of the molecule is Cc1nccc(-c2ccc(CC(NC(=O)C3Cc4cc5c(cc4CN3C(=O)c3nc(C(C)C)oc3C)OC(c3ccc(OCc4ccc(Cl)c(Cl)c4)cc3)CO5)C(=O)O)cc2)c1C. The molecule has 2 aliphatic heterocycles. The van der Waals surface area contributed by atoms with E-state index >= 15 is 0 Å². The Morgan fingerprint density at radius 1 is 0.905 bits per heavy atom. The minimum atomic E-state index is -1.27. The molecular formula is C49H46Cl2N4O8. The number of nitrogens with one attached hydrogen (secondary N) is 1. The number of amides is 2. The van der Waals surface area contributed by atoms with Gasteiger partial charge in [-0.15, -0.1) is 0 Å². The molecule has 12 nitrogen and oxygen atoms in total. The molecule has 0 spiro atoms. The molecule has 3 atom stereocenters. The van der Waals surface area contributed by atoms with Crippen LogP contribution in [0.3, 0.4) is 0 Å². The summed E-state index contributed by atoms with van der Waals surface area (Å²) in [4.78, 5) is 51.7. The molecule has 2 amide bonds. The number of aryl methyl sites for hydroxylation is 2. The average Bonchev–Trinajstić information content (AvgIpc) is 3.68. The van der Waals surface area contributed by atoms with E-state index < -0.39 is 36.0 Å². The lowest BCUT2D eigenvalue weighted by Gasteiger charge is -2.37. The van der Waals surface area contributed by atoms with Crippen LogP contribution in [-0.4, -0.2) is 56.4 Å². The maximum absolute atomic E-state index is 14.4. The monoisotopic (exact) mass is 888 g/mol. The highest BCUT2D eigenvalue weighted by atomic mass is 35.5. The Balaban J connectivity index is 1.01. The molecule has 6 aromatic rings. The number of ether oxygens (including phenoxy) is 3. The van der Waals surface area contributed by atoms with Gasteiger partial charge in [0.2, 0.25) is 5.91 Å². The van der Waals surface area contributed by atoms with Crippen LogP contribution in [0.15, 0.2) is 95.5 Å². The largest absolute Gasteiger partial charge is 0.489 e. The molecule has 14 heteroatoms. The standard InChI is InChI=1S/C49H46Cl2N4O8/c1-26(2)47-54-45(29(5)62-47)48(57)55-23-35-22-43-42(61-25-44(63-43)33-11-13-36(14-12-33)60-24-31-8-15-38(50)39(51)18-31)21-34(35)20-41(55)46(56)53-40(49(58)59)19-30-6-9-32(10-7-30)37-16-17-52-28(4)27(37)3/h6-18,21-22,26,40-41,44H,19-20,23-25H2,1-5H3,(H,53,56)(H,58,59). The van der Waals surface area contributed by atoms with Crippen molar-refractivity contribution in [1.29, 1.82) is 0 Å². The summed E-state index contributed by atoms with van der Waals surface area (Å²) in [6, 6.07) is 23.8. The third kappa shape index (κ3) is 9.38. The zero-order valence-electron chi connectivity index (χ0n) is 35.4. The summed E-state index contributed by atoms with van der Waals surface area (Å²) in [5.74, 6) is -0.00440. The Morgan fingerprint density at radius 3 is 2.33 bits per heavy atom. The van der Waals surface area contributed by atoms with Crippen molar-refractivity contribution < 1.29 is 38.1 Å². The second-order valence-electron chi connectivity index (χ2n) is 16.2. The first-order valence-corrected chi connectivity index (χ1v) is 21.4. The molecule has 0 saturated carbocycles. The molecule has 2 aromatic heterocycles. The van der Waals surface area contributed by atoms with Gasteiger partial charge in [0, 0.05) is 37.2 Å². The van der Waals surface area contributed by atoms with Gasteiger partial charge in [0.05, 0.1) is 10.0 Å².